The number of carbonyl (C=O) groups excluding carboxylic acids is 2. The molecule has 0 bridgehead atoms. The highest BCUT2D eigenvalue weighted by Gasteiger charge is 2.35. The first-order chi connectivity index (χ1) is 17.1. The van der Waals surface area contributed by atoms with Crippen molar-refractivity contribution in [3.05, 3.63) is 53.1 Å². The molecule has 3 aromatic heterocycles. The number of aromatic nitrogens is 5. The van der Waals surface area contributed by atoms with Gasteiger partial charge >= 0.3 is 0 Å². The number of rotatable bonds is 5. The fourth-order valence-corrected chi connectivity index (χ4v) is 4.85. The van der Waals surface area contributed by atoms with Crippen LogP contribution in [-0.2, 0) is 29.7 Å². The second kappa shape index (κ2) is 8.77. The summed E-state index contributed by atoms with van der Waals surface area (Å²) in [6.45, 7) is 8.48. The average Bonchev–Trinajstić information content (AvgIpc) is 3.44. The molecule has 10 heteroatoms. The molecule has 2 aliphatic rings. The molecule has 2 amide bonds. The summed E-state index contributed by atoms with van der Waals surface area (Å²) >= 11 is 0. The summed E-state index contributed by atoms with van der Waals surface area (Å²) in [5, 5.41) is 21.1. The van der Waals surface area contributed by atoms with Crippen LogP contribution in [0.3, 0.4) is 0 Å². The molecule has 0 aliphatic carbocycles. The molecule has 0 saturated carbocycles. The third-order valence-electron chi connectivity index (χ3n) is 7.10. The van der Waals surface area contributed by atoms with E-state index in [-0.39, 0.29) is 29.7 Å². The van der Waals surface area contributed by atoms with E-state index in [0.29, 0.717) is 36.8 Å². The van der Waals surface area contributed by atoms with Crippen molar-refractivity contribution < 1.29 is 14.7 Å². The van der Waals surface area contributed by atoms with Crippen LogP contribution in [-0.4, -0.2) is 59.7 Å². The van der Waals surface area contributed by atoms with E-state index in [1.807, 2.05) is 12.1 Å². The van der Waals surface area contributed by atoms with Gasteiger partial charge in [0, 0.05) is 31.2 Å². The van der Waals surface area contributed by atoms with Crippen LogP contribution in [0.25, 0.3) is 11.5 Å². The maximum atomic E-state index is 13.0. The van der Waals surface area contributed by atoms with Gasteiger partial charge in [-0.15, -0.1) is 10.2 Å². The Morgan fingerprint density at radius 2 is 1.97 bits per heavy atom. The van der Waals surface area contributed by atoms with Crippen molar-refractivity contribution in [2.75, 3.05) is 18.5 Å². The Morgan fingerprint density at radius 1 is 1.17 bits per heavy atom. The van der Waals surface area contributed by atoms with Gasteiger partial charge < -0.3 is 19.9 Å². The highest BCUT2D eigenvalue weighted by molar-refractivity contribution is 6.02. The van der Waals surface area contributed by atoms with Crippen molar-refractivity contribution >= 4 is 17.6 Å². The number of nitrogens with zero attached hydrogens (tertiary/aromatic N) is 6. The molecule has 0 saturated heterocycles. The molecule has 0 unspecified atom stereocenters. The van der Waals surface area contributed by atoms with Gasteiger partial charge in [0.25, 0.3) is 5.91 Å². The van der Waals surface area contributed by atoms with Gasteiger partial charge in [-0.3, -0.25) is 14.6 Å². The predicted molar refractivity (Wildman–Crippen MR) is 133 cm³/mol. The first-order valence-electron chi connectivity index (χ1n) is 12.2. The van der Waals surface area contributed by atoms with Crippen molar-refractivity contribution in [1.82, 2.24) is 29.6 Å². The number of aliphatic hydroxyl groups excluding tert-OH is 1. The van der Waals surface area contributed by atoms with Crippen molar-refractivity contribution in [1.29, 1.82) is 0 Å². The molecule has 2 aliphatic heterocycles. The molecule has 188 valence electrons. The molecule has 3 aromatic rings. The molecule has 0 aromatic carbocycles. The second-order valence-electron chi connectivity index (χ2n) is 10.8. The molecule has 10 nitrogen and oxygen atoms in total. The van der Waals surface area contributed by atoms with Crippen LogP contribution in [0.1, 0.15) is 61.6 Å². The molecular weight excluding hydrogens is 458 g/mol. The highest BCUT2D eigenvalue weighted by atomic mass is 16.3. The van der Waals surface area contributed by atoms with Crippen LogP contribution in [0.4, 0.5) is 5.82 Å². The molecule has 0 atom stereocenters. The van der Waals surface area contributed by atoms with Crippen molar-refractivity contribution in [3.63, 3.8) is 0 Å². The molecular formula is C26H31N7O3. The number of hydrogen-bond donors (Lipinski definition) is 2. The van der Waals surface area contributed by atoms with Crippen molar-refractivity contribution in [3.8, 4) is 11.5 Å². The number of pyridine rings is 2. The van der Waals surface area contributed by atoms with Gasteiger partial charge in [0.1, 0.15) is 23.0 Å². The maximum Gasteiger partial charge on any atom is 0.275 e. The molecule has 0 radical (unpaired) electrons. The summed E-state index contributed by atoms with van der Waals surface area (Å²) in [4.78, 5) is 36.6. The van der Waals surface area contributed by atoms with Gasteiger partial charge in [0.2, 0.25) is 5.91 Å². The zero-order valence-electron chi connectivity index (χ0n) is 21.1. The Balaban J connectivity index is 1.34. The van der Waals surface area contributed by atoms with E-state index in [0.717, 1.165) is 29.8 Å². The van der Waals surface area contributed by atoms with E-state index < -0.39 is 5.41 Å². The molecule has 0 spiro atoms. The summed E-state index contributed by atoms with van der Waals surface area (Å²) in [5.74, 6) is 1.54. The Labute approximate surface area is 209 Å². The Hall–Kier alpha value is -3.66. The molecule has 36 heavy (non-hydrogen) atoms. The van der Waals surface area contributed by atoms with Gasteiger partial charge in [-0.25, -0.2) is 4.98 Å². The van der Waals surface area contributed by atoms with Crippen LogP contribution < -0.4 is 5.32 Å². The topological polar surface area (TPSA) is 126 Å². The summed E-state index contributed by atoms with van der Waals surface area (Å²) < 4.78 is 2.12. The third-order valence-corrected chi connectivity index (χ3v) is 7.10. The van der Waals surface area contributed by atoms with E-state index in [2.05, 4.69) is 43.9 Å². The van der Waals surface area contributed by atoms with Crippen molar-refractivity contribution in [2.24, 2.45) is 5.41 Å². The van der Waals surface area contributed by atoms with E-state index in [9.17, 15) is 14.7 Å². The van der Waals surface area contributed by atoms with Gasteiger partial charge in [0.05, 0.1) is 12.0 Å². The smallest absolute Gasteiger partial charge is 0.275 e. The fraction of sp³-hybridized carbons (Fsp3) is 0.462. The number of hydrogen-bond acceptors (Lipinski definition) is 7. The number of aryl methyl sites for hydroxylation is 1. The SMILES string of the molecule is CC(C)(CO)C(=O)N1CCc2cnc(C(=O)Nc3cccc(-c4nnc5n4C(C)(C)CC5)n3)cc2C1. The van der Waals surface area contributed by atoms with Gasteiger partial charge in [-0.1, -0.05) is 6.07 Å². The first kappa shape index (κ1) is 24.1. The largest absolute Gasteiger partial charge is 0.395 e. The lowest BCUT2D eigenvalue weighted by atomic mass is 9.91. The van der Waals surface area contributed by atoms with Gasteiger partial charge in [-0.2, -0.15) is 0 Å². The number of fused-ring (bicyclic) bond motifs is 2. The van der Waals surface area contributed by atoms with Crippen molar-refractivity contribution in [2.45, 2.75) is 59.0 Å². The number of anilines is 1. The number of aliphatic hydroxyl groups is 1. The van der Waals surface area contributed by atoms with Gasteiger partial charge in [0.15, 0.2) is 5.82 Å². The minimum Gasteiger partial charge on any atom is -0.395 e. The van der Waals surface area contributed by atoms with Crippen LogP contribution in [0, 0.1) is 5.41 Å². The summed E-state index contributed by atoms with van der Waals surface area (Å²) in [6.07, 6.45) is 4.22. The fourth-order valence-electron chi connectivity index (χ4n) is 4.85. The standard InChI is InChI=1S/C26H31N7O3/c1-25(2,15-34)24(36)32-11-9-16-13-27-19(12-17(16)14-32)23(35)29-20-7-5-6-18(28-20)22-31-30-21-8-10-26(3,4)33(21)22/h5-7,12-13,34H,8-11,14-15H2,1-4H3,(H,28,29,35). The molecule has 5 rings (SSSR count). The summed E-state index contributed by atoms with van der Waals surface area (Å²) in [7, 11) is 0. The predicted octanol–water partition coefficient (Wildman–Crippen LogP) is 2.57. The first-order valence-corrected chi connectivity index (χ1v) is 12.2. The lowest BCUT2D eigenvalue weighted by Gasteiger charge is -2.34. The van der Waals surface area contributed by atoms with E-state index in [4.69, 9.17) is 0 Å². The zero-order chi connectivity index (χ0) is 25.7. The van der Waals surface area contributed by atoms with Crippen LogP contribution in [0.15, 0.2) is 30.5 Å². The number of amides is 2. The monoisotopic (exact) mass is 489 g/mol. The molecule has 2 N–H and O–H groups in total. The van der Waals surface area contributed by atoms with Crippen LogP contribution in [0.5, 0.6) is 0 Å². The minimum absolute atomic E-state index is 0.0934. The van der Waals surface area contributed by atoms with E-state index >= 15 is 0 Å². The summed E-state index contributed by atoms with van der Waals surface area (Å²) in [5.41, 5.74) is 1.85. The normalized spacial score (nSPS) is 16.4. The number of nitrogens with one attached hydrogen (secondary N) is 1. The van der Waals surface area contributed by atoms with E-state index in [1.54, 1.807) is 37.1 Å². The number of carbonyl (C=O) groups is 2. The molecule has 5 heterocycles. The van der Waals surface area contributed by atoms with Gasteiger partial charge in [-0.05, 0) is 69.9 Å². The maximum absolute atomic E-state index is 13.0. The molecule has 0 fully saturated rings. The summed E-state index contributed by atoms with van der Waals surface area (Å²) in [6, 6.07) is 7.14. The average molecular weight is 490 g/mol. The second-order valence-corrected chi connectivity index (χ2v) is 10.8. The lowest BCUT2D eigenvalue weighted by Crippen LogP contribution is -2.45. The van der Waals surface area contributed by atoms with Crippen LogP contribution >= 0.6 is 0 Å². The van der Waals surface area contributed by atoms with Crippen LogP contribution in [0.2, 0.25) is 0 Å². The van der Waals surface area contributed by atoms with E-state index in [1.165, 1.54) is 0 Å². The Bertz CT molecular complexity index is 1350. The highest BCUT2D eigenvalue weighted by Crippen LogP contribution is 2.35. The quantitative estimate of drug-likeness (QED) is 0.564. The minimum atomic E-state index is -0.846. The Kier molecular flexibility index (Phi) is 5.86. The lowest BCUT2D eigenvalue weighted by molar-refractivity contribution is -0.143. The zero-order valence-corrected chi connectivity index (χ0v) is 21.1. The Morgan fingerprint density at radius 3 is 2.75 bits per heavy atom. The third kappa shape index (κ3) is 4.26.